The van der Waals surface area contributed by atoms with Gasteiger partial charge in [0.2, 0.25) is 0 Å². The van der Waals surface area contributed by atoms with Crippen LogP contribution in [0, 0.1) is 0 Å². The largest absolute Gasteiger partial charge is 0.496 e. The van der Waals surface area contributed by atoms with Crippen LogP contribution in [0.5, 0.6) is 5.75 Å². The third kappa shape index (κ3) is 1.16. The molecule has 0 saturated heterocycles. The van der Waals surface area contributed by atoms with E-state index < -0.39 is 0 Å². The maximum absolute atomic E-state index is 11.4. The second-order valence-corrected chi connectivity index (χ2v) is 3.00. The highest BCUT2D eigenvalue weighted by molar-refractivity contribution is 6.07. The molecule has 0 saturated carbocycles. The second-order valence-electron chi connectivity index (χ2n) is 3.00. The number of hydrogen-bond donors (Lipinski definition) is 1. The molecule has 0 amide bonds. The quantitative estimate of drug-likeness (QED) is 0.734. The third-order valence-electron chi connectivity index (χ3n) is 2.13. The standard InChI is InChI=1S/C10H10N2O2/c1-6(13)9-8(14-2)4-3-7-10(9)12-5-11-7/h3-5H,1-2H3,(H,11,12). The fourth-order valence-electron chi connectivity index (χ4n) is 1.50. The van der Waals surface area contributed by atoms with Crippen molar-refractivity contribution in [3.05, 3.63) is 24.0 Å². The summed E-state index contributed by atoms with van der Waals surface area (Å²) in [7, 11) is 1.54. The number of nitrogens with zero attached hydrogens (tertiary/aromatic N) is 1. The van der Waals surface area contributed by atoms with Crippen molar-refractivity contribution in [3.8, 4) is 5.75 Å². The average molecular weight is 190 g/mol. The smallest absolute Gasteiger partial charge is 0.165 e. The summed E-state index contributed by atoms with van der Waals surface area (Å²) in [6, 6.07) is 3.60. The van der Waals surface area contributed by atoms with E-state index in [1.165, 1.54) is 6.92 Å². The Labute approximate surface area is 80.9 Å². The van der Waals surface area contributed by atoms with Gasteiger partial charge in [-0.25, -0.2) is 4.98 Å². The van der Waals surface area contributed by atoms with Crippen LogP contribution < -0.4 is 4.74 Å². The summed E-state index contributed by atoms with van der Waals surface area (Å²) in [4.78, 5) is 18.4. The number of H-pyrrole nitrogens is 1. The SMILES string of the molecule is COc1ccc2[nH]cnc2c1C(C)=O. The van der Waals surface area contributed by atoms with E-state index in [2.05, 4.69) is 9.97 Å². The number of fused-ring (bicyclic) bond motifs is 1. The molecule has 4 heteroatoms. The molecular weight excluding hydrogens is 180 g/mol. The second kappa shape index (κ2) is 3.14. The molecule has 14 heavy (non-hydrogen) atoms. The molecule has 2 rings (SSSR count). The molecule has 1 aromatic carbocycles. The van der Waals surface area contributed by atoms with Gasteiger partial charge in [0.15, 0.2) is 5.78 Å². The Morgan fingerprint density at radius 3 is 2.93 bits per heavy atom. The Bertz CT molecular complexity index is 488. The van der Waals surface area contributed by atoms with Crippen molar-refractivity contribution in [2.45, 2.75) is 6.92 Å². The fraction of sp³-hybridized carbons (Fsp3) is 0.200. The van der Waals surface area contributed by atoms with Crippen molar-refractivity contribution in [1.29, 1.82) is 0 Å². The Balaban J connectivity index is 2.82. The van der Waals surface area contributed by atoms with E-state index in [9.17, 15) is 4.79 Å². The highest BCUT2D eigenvalue weighted by Gasteiger charge is 2.13. The van der Waals surface area contributed by atoms with Crippen molar-refractivity contribution in [3.63, 3.8) is 0 Å². The molecule has 72 valence electrons. The Hall–Kier alpha value is -1.84. The zero-order valence-electron chi connectivity index (χ0n) is 8.00. The molecule has 0 bridgehead atoms. The minimum Gasteiger partial charge on any atom is -0.496 e. The first-order valence-corrected chi connectivity index (χ1v) is 4.25. The molecule has 0 atom stereocenters. The fourth-order valence-corrected chi connectivity index (χ4v) is 1.50. The molecule has 1 aromatic heterocycles. The van der Waals surface area contributed by atoms with Crippen molar-refractivity contribution >= 4 is 16.8 Å². The summed E-state index contributed by atoms with van der Waals surface area (Å²) in [5.41, 5.74) is 2.04. The molecule has 2 aromatic rings. The van der Waals surface area contributed by atoms with Crippen LogP contribution in [0.2, 0.25) is 0 Å². The molecule has 0 fully saturated rings. The molecule has 0 aliphatic carbocycles. The number of ether oxygens (including phenoxy) is 1. The predicted molar refractivity (Wildman–Crippen MR) is 52.7 cm³/mol. The minimum atomic E-state index is -0.0421. The predicted octanol–water partition coefficient (Wildman–Crippen LogP) is 1.77. The topological polar surface area (TPSA) is 55.0 Å². The van der Waals surface area contributed by atoms with E-state index >= 15 is 0 Å². The molecule has 0 aliphatic rings. The molecule has 0 aliphatic heterocycles. The molecule has 1 heterocycles. The van der Waals surface area contributed by atoms with Crippen LogP contribution in [0.15, 0.2) is 18.5 Å². The highest BCUT2D eigenvalue weighted by atomic mass is 16.5. The number of aromatic nitrogens is 2. The highest BCUT2D eigenvalue weighted by Crippen LogP contribution is 2.25. The lowest BCUT2D eigenvalue weighted by atomic mass is 10.1. The van der Waals surface area contributed by atoms with Gasteiger partial charge in [0.25, 0.3) is 0 Å². The third-order valence-corrected chi connectivity index (χ3v) is 2.13. The van der Waals surface area contributed by atoms with Crippen LogP contribution in [0.25, 0.3) is 11.0 Å². The number of benzene rings is 1. The minimum absolute atomic E-state index is 0.0421. The van der Waals surface area contributed by atoms with Crippen LogP contribution in [-0.4, -0.2) is 22.9 Å². The average Bonchev–Trinajstić information content (AvgIpc) is 2.62. The van der Waals surface area contributed by atoms with Crippen LogP contribution in [-0.2, 0) is 0 Å². The van der Waals surface area contributed by atoms with Gasteiger partial charge in [0, 0.05) is 0 Å². The monoisotopic (exact) mass is 190 g/mol. The maximum Gasteiger partial charge on any atom is 0.165 e. The van der Waals surface area contributed by atoms with Crippen molar-refractivity contribution in [2.75, 3.05) is 7.11 Å². The first kappa shape index (κ1) is 8.74. The van der Waals surface area contributed by atoms with Gasteiger partial charge in [0.05, 0.1) is 24.5 Å². The van der Waals surface area contributed by atoms with Gasteiger partial charge in [-0.3, -0.25) is 4.79 Å². The molecule has 0 spiro atoms. The molecule has 4 nitrogen and oxygen atoms in total. The van der Waals surface area contributed by atoms with E-state index in [1.54, 1.807) is 19.5 Å². The van der Waals surface area contributed by atoms with Gasteiger partial charge in [-0.2, -0.15) is 0 Å². The molecule has 1 N–H and O–H groups in total. The Morgan fingerprint density at radius 2 is 2.29 bits per heavy atom. The number of carbonyl (C=O) groups excluding carboxylic acids is 1. The zero-order valence-corrected chi connectivity index (χ0v) is 8.00. The van der Waals surface area contributed by atoms with Gasteiger partial charge in [0.1, 0.15) is 11.3 Å². The Kier molecular flexibility index (Phi) is 1.96. The molecule has 0 radical (unpaired) electrons. The first-order chi connectivity index (χ1) is 6.74. The summed E-state index contributed by atoms with van der Waals surface area (Å²) in [5.74, 6) is 0.525. The summed E-state index contributed by atoms with van der Waals surface area (Å²) >= 11 is 0. The normalized spacial score (nSPS) is 10.4. The van der Waals surface area contributed by atoms with Gasteiger partial charge in [-0.05, 0) is 19.1 Å². The number of nitrogens with one attached hydrogen (secondary N) is 1. The van der Waals surface area contributed by atoms with Crippen LogP contribution in [0.4, 0.5) is 0 Å². The number of carbonyl (C=O) groups is 1. The number of ketones is 1. The molecular formula is C10H10N2O2. The van der Waals surface area contributed by atoms with E-state index in [4.69, 9.17) is 4.74 Å². The zero-order chi connectivity index (χ0) is 10.1. The van der Waals surface area contributed by atoms with Gasteiger partial charge in [-0.1, -0.05) is 0 Å². The van der Waals surface area contributed by atoms with Crippen molar-refractivity contribution in [2.24, 2.45) is 0 Å². The summed E-state index contributed by atoms with van der Waals surface area (Å²) < 4.78 is 5.11. The van der Waals surface area contributed by atoms with E-state index in [1.807, 2.05) is 6.07 Å². The van der Waals surface area contributed by atoms with E-state index in [0.29, 0.717) is 16.8 Å². The van der Waals surface area contributed by atoms with Gasteiger partial charge < -0.3 is 9.72 Å². The lowest BCUT2D eigenvalue weighted by molar-refractivity contribution is 0.101. The number of imidazole rings is 1. The number of rotatable bonds is 2. The maximum atomic E-state index is 11.4. The lowest BCUT2D eigenvalue weighted by Crippen LogP contribution is -1.98. The summed E-state index contributed by atoms with van der Waals surface area (Å²) in [5, 5.41) is 0. The van der Waals surface area contributed by atoms with Crippen molar-refractivity contribution in [1.82, 2.24) is 9.97 Å². The number of methoxy groups -OCH3 is 1. The number of hydrogen-bond acceptors (Lipinski definition) is 3. The van der Waals surface area contributed by atoms with Gasteiger partial charge >= 0.3 is 0 Å². The summed E-state index contributed by atoms with van der Waals surface area (Å²) in [6.07, 6.45) is 1.57. The van der Waals surface area contributed by atoms with E-state index in [-0.39, 0.29) is 5.78 Å². The van der Waals surface area contributed by atoms with Crippen LogP contribution in [0.1, 0.15) is 17.3 Å². The van der Waals surface area contributed by atoms with E-state index in [0.717, 1.165) is 5.52 Å². The first-order valence-electron chi connectivity index (χ1n) is 4.25. The molecule has 0 unspecified atom stereocenters. The number of Topliss-reactive ketones (excluding diaryl/α,β-unsaturated/α-hetero) is 1. The Morgan fingerprint density at radius 1 is 1.50 bits per heavy atom. The summed E-state index contributed by atoms with van der Waals surface area (Å²) in [6.45, 7) is 1.51. The van der Waals surface area contributed by atoms with Crippen LogP contribution >= 0.6 is 0 Å². The lowest BCUT2D eigenvalue weighted by Gasteiger charge is -2.05. The van der Waals surface area contributed by atoms with Crippen LogP contribution in [0.3, 0.4) is 0 Å². The number of aromatic amines is 1. The van der Waals surface area contributed by atoms with Gasteiger partial charge in [-0.15, -0.1) is 0 Å². The van der Waals surface area contributed by atoms with Crippen molar-refractivity contribution < 1.29 is 9.53 Å².